The van der Waals surface area contributed by atoms with E-state index in [2.05, 4.69) is 15.4 Å². The molecule has 3 aromatic carbocycles. The molecule has 2 unspecified atom stereocenters. The summed E-state index contributed by atoms with van der Waals surface area (Å²) in [7, 11) is 0. The second-order valence-electron chi connectivity index (χ2n) is 8.24. The summed E-state index contributed by atoms with van der Waals surface area (Å²) in [4.78, 5) is 29.5. The molecule has 0 aromatic heterocycles. The van der Waals surface area contributed by atoms with Crippen molar-refractivity contribution >= 4 is 51.7 Å². The van der Waals surface area contributed by atoms with Crippen LogP contribution in [-0.4, -0.2) is 33.0 Å². The monoisotopic (exact) mass is 524 g/mol. The number of nitrogens with zero attached hydrogens (tertiary/aromatic N) is 3. The number of nitrogens with one attached hydrogen (secondary N) is 1. The first-order valence-electron chi connectivity index (χ1n) is 11.1. The van der Waals surface area contributed by atoms with E-state index in [1.807, 2.05) is 0 Å². The Labute approximate surface area is 215 Å². The van der Waals surface area contributed by atoms with Crippen molar-refractivity contribution in [1.82, 2.24) is 5.01 Å². The maximum absolute atomic E-state index is 13.6. The van der Waals surface area contributed by atoms with E-state index in [1.165, 1.54) is 24.3 Å². The number of rotatable bonds is 5. The first-order valence-corrected chi connectivity index (χ1v) is 12.3. The average molecular weight is 525 g/mol. The van der Waals surface area contributed by atoms with Gasteiger partial charge >= 0.3 is 0 Å². The lowest BCUT2D eigenvalue weighted by Gasteiger charge is -2.23. The number of hydrogen-bond donors (Lipinski definition) is 1. The SMILES string of the molecule is O=C(CC1SC(N2N=C(c3ccc(F)cc3)CC2c2ccc(F)cc2)=NC1=O)Nc1ccccc1Cl. The molecule has 0 radical (unpaired) electrons. The molecule has 2 atom stereocenters. The van der Waals surface area contributed by atoms with Crippen LogP contribution < -0.4 is 5.32 Å². The highest BCUT2D eigenvalue weighted by Gasteiger charge is 2.39. The van der Waals surface area contributed by atoms with Crippen molar-refractivity contribution in [3.63, 3.8) is 0 Å². The van der Waals surface area contributed by atoms with Gasteiger partial charge in [-0.1, -0.05) is 59.8 Å². The summed E-state index contributed by atoms with van der Waals surface area (Å²) in [5.74, 6) is -1.52. The number of aliphatic imine (C=N–C) groups is 1. The molecule has 6 nitrogen and oxygen atoms in total. The molecule has 2 amide bonds. The summed E-state index contributed by atoms with van der Waals surface area (Å²) >= 11 is 7.26. The third kappa shape index (κ3) is 5.17. The third-order valence-electron chi connectivity index (χ3n) is 5.79. The van der Waals surface area contributed by atoms with Crippen LogP contribution >= 0.6 is 23.4 Å². The van der Waals surface area contributed by atoms with Crippen molar-refractivity contribution < 1.29 is 18.4 Å². The van der Waals surface area contributed by atoms with Crippen LogP contribution in [0.4, 0.5) is 14.5 Å². The normalized spacial score (nSPS) is 19.3. The molecule has 36 heavy (non-hydrogen) atoms. The number of thioether (sulfide) groups is 1. The van der Waals surface area contributed by atoms with Gasteiger partial charge in [0.2, 0.25) is 5.91 Å². The molecule has 1 N–H and O–H groups in total. The molecular formula is C26H19ClF2N4O2S. The highest BCUT2D eigenvalue weighted by Crippen LogP contribution is 2.38. The van der Waals surface area contributed by atoms with Crippen molar-refractivity contribution in [2.24, 2.45) is 10.1 Å². The minimum atomic E-state index is -0.721. The first-order chi connectivity index (χ1) is 17.4. The van der Waals surface area contributed by atoms with Gasteiger partial charge in [-0.15, -0.1) is 0 Å². The molecule has 182 valence electrons. The number of carbonyl (C=O) groups excluding carboxylic acids is 2. The van der Waals surface area contributed by atoms with Crippen LogP contribution in [0, 0.1) is 11.6 Å². The lowest BCUT2D eigenvalue weighted by molar-refractivity contribution is -0.121. The molecule has 5 rings (SSSR count). The van der Waals surface area contributed by atoms with Crippen LogP contribution in [0.15, 0.2) is 82.9 Å². The Hall–Kier alpha value is -3.56. The fourth-order valence-corrected chi connectivity index (χ4v) is 5.23. The van der Waals surface area contributed by atoms with Crippen LogP contribution in [0.1, 0.15) is 30.0 Å². The van der Waals surface area contributed by atoms with Gasteiger partial charge in [-0.3, -0.25) is 9.59 Å². The van der Waals surface area contributed by atoms with Gasteiger partial charge in [-0.05, 0) is 47.5 Å². The smallest absolute Gasteiger partial charge is 0.262 e. The Kier molecular flexibility index (Phi) is 6.84. The van der Waals surface area contributed by atoms with Gasteiger partial charge in [0, 0.05) is 12.8 Å². The van der Waals surface area contributed by atoms with Crippen molar-refractivity contribution in [3.8, 4) is 0 Å². The zero-order chi connectivity index (χ0) is 25.2. The third-order valence-corrected chi connectivity index (χ3v) is 7.26. The minimum absolute atomic E-state index is 0.0920. The van der Waals surface area contributed by atoms with Gasteiger partial charge in [0.25, 0.3) is 5.91 Å². The summed E-state index contributed by atoms with van der Waals surface area (Å²) in [5.41, 5.74) is 2.66. The zero-order valence-corrected chi connectivity index (χ0v) is 20.3. The van der Waals surface area contributed by atoms with Gasteiger partial charge in [0.15, 0.2) is 5.17 Å². The largest absolute Gasteiger partial charge is 0.325 e. The van der Waals surface area contributed by atoms with Crippen LogP contribution in [0.3, 0.4) is 0 Å². The molecule has 0 fully saturated rings. The van der Waals surface area contributed by atoms with Crippen molar-refractivity contribution in [1.29, 1.82) is 0 Å². The molecule has 3 aromatic rings. The summed E-state index contributed by atoms with van der Waals surface area (Å²) < 4.78 is 27.0. The van der Waals surface area contributed by atoms with Gasteiger partial charge in [-0.2, -0.15) is 10.1 Å². The highest BCUT2D eigenvalue weighted by atomic mass is 35.5. The average Bonchev–Trinajstić information content (AvgIpc) is 3.45. The van der Waals surface area contributed by atoms with E-state index in [0.717, 1.165) is 22.9 Å². The molecule has 0 aliphatic carbocycles. The number of para-hydroxylation sites is 1. The molecule has 0 bridgehead atoms. The molecule has 2 heterocycles. The number of hydrazone groups is 1. The quantitative estimate of drug-likeness (QED) is 0.458. The fourth-order valence-electron chi connectivity index (χ4n) is 3.98. The Morgan fingerprint density at radius 2 is 1.69 bits per heavy atom. The predicted molar refractivity (Wildman–Crippen MR) is 137 cm³/mol. The fraction of sp³-hybridized carbons (Fsp3) is 0.154. The summed E-state index contributed by atoms with van der Waals surface area (Å²) in [6.07, 6.45) is 0.355. The van der Waals surface area contributed by atoms with E-state index in [9.17, 15) is 18.4 Å². The topological polar surface area (TPSA) is 74.1 Å². The number of halogens is 3. The van der Waals surface area contributed by atoms with Crippen LogP contribution in [0.2, 0.25) is 5.02 Å². The number of anilines is 1. The molecular weight excluding hydrogens is 506 g/mol. The number of amidine groups is 1. The van der Waals surface area contributed by atoms with E-state index in [-0.39, 0.29) is 30.0 Å². The van der Waals surface area contributed by atoms with Crippen LogP contribution in [-0.2, 0) is 9.59 Å². The second-order valence-corrected chi connectivity index (χ2v) is 9.82. The van der Waals surface area contributed by atoms with E-state index in [1.54, 1.807) is 53.5 Å². The van der Waals surface area contributed by atoms with Crippen LogP contribution in [0.5, 0.6) is 0 Å². The number of carbonyl (C=O) groups is 2. The van der Waals surface area contributed by atoms with Gasteiger partial charge in [0.05, 0.1) is 22.5 Å². The molecule has 2 aliphatic rings. The zero-order valence-electron chi connectivity index (χ0n) is 18.7. The van der Waals surface area contributed by atoms with E-state index >= 15 is 0 Å². The Balaban J connectivity index is 1.36. The second kappa shape index (κ2) is 10.2. The highest BCUT2D eigenvalue weighted by molar-refractivity contribution is 8.15. The van der Waals surface area contributed by atoms with Gasteiger partial charge < -0.3 is 5.32 Å². The van der Waals surface area contributed by atoms with Crippen LogP contribution in [0.25, 0.3) is 0 Å². The van der Waals surface area contributed by atoms with Gasteiger partial charge in [-0.25, -0.2) is 13.8 Å². The van der Waals surface area contributed by atoms with Crippen molar-refractivity contribution in [2.75, 3.05) is 5.32 Å². The number of hydrogen-bond acceptors (Lipinski definition) is 5. The number of amides is 2. The van der Waals surface area contributed by atoms with Crippen molar-refractivity contribution in [3.05, 3.63) is 101 Å². The molecule has 0 saturated carbocycles. The van der Waals surface area contributed by atoms with E-state index in [4.69, 9.17) is 11.6 Å². The maximum atomic E-state index is 13.6. The molecule has 0 spiro atoms. The van der Waals surface area contributed by atoms with E-state index in [0.29, 0.717) is 28.0 Å². The Morgan fingerprint density at radius 3 is 2.39 bits per heavy atom. The number of benzene rings is 3. The standard InChI is InChI=1S/C26H19ClF2N4O2S/c27-19-3-1-2-4-20(19)30-24(34)14-23-25(35)31-26(36-23)33-22(16-7-11-18(29)12-8-16)13-21(32-33)15-5-9-17(28)10-6-15/h1-12,22-23H,13-14H2,(H,30,34). The summed E-state index contributed by atoms with van der Waals surface area (Å²) in [6.45, 7) is 0. The van der Waals surface area contributed by atoms with Crippen molar-refractivity contribution in [2.45, 2.75) is 24.1 Å². The minimum Gasteiger partial charge on any atom is -0.325 e. The first kappa shape index (κ1) is 24.1. The van der Waals surface area contributed by atoms with Gasteiger partial charge in [0.1, 0.15) is 16.9 Å². The van der Waals surface area contributed by atoms with E-state index < -0.39 is 11.2 Å². The molecule has 0 saturated heterocycles. The Bertz CT molecular complexity index is 1380. The molecule has 2 aliphatic heterocycles. The summed E-state index contributed by atoms with van der Waals surface area (Å²) in [5, 5.41) is 9.06. The molecule has 10 heteroatoms. The lowest BCUT2D eigenvalue weighted by atomic mass is 9.98. The maximum Gasteiger partial charge on any atom is 0.262 e. The predicted octanol–water partition coefficient (Wildman–Crippen LogP) is 5.80. The summed E-state index contributed by atoms with van der Waals surface area (Å²) in [6, 6.07) is 18.5. The Morgan fingerprint density at radius 1 is 1.03 bits per heavy atom. The lowest BCUT2D eigenvalue weighted by Crippen LogP contribution is -2.25.